The molecule has 0 unspecified atom stereocenters. The quantitative estimate of drug-likeness (QED) is 0.00998. The number of rotatable bonds is 27. The van der Waals surface area contributed by atoms with Crippen molar-refractivity contribution in [3.8, 4) is 0 Å². The highest BCUT2D eigenvalue weighted by atomic mass is 16.1. The van der Waals surface area contributed by atoms with Crippen LogP contribution < -0.4 is 93.2 Å². The van der Waals surface area contributed by atoms with Crippen LogP contribution in [-0.2, 0) is 0 Å². The van der Waals surface area contributed by atoms with E-state index in [2.05, 4.69) is 122 Å². The van der Waals surface area contributed by atoms with E-state index in [1.165, 1.54) is 9.80 Å². The molecule has 12 rings (SSSR count). The van der Waals surface area contributed by atoms with Crippen LogP contribution in [0.3, 0.4) is 0 Å². The lowest BCUT2D eigenvalue weighted by Gasteiger charge is -2.37. The van der Waals surface area contributed by atoms with Gasteiger partial charge in [0, 0.05) is 43.8 Å². The summed E-state index contributed by atoms with van der Waals surface area (Å²) in [6, 6.07) is 48.4. The molecule has 0 saturated heterocycles. The number of ketones is 4. The van der Waals surface area contributed by atoms with Gasteiger partial charge in [0.2, 0.25) is 0 Å². The van der Waals surface area contributed by atoms with Gasteiger partial charge in [0.05, 0.1) is 22.3 Å². The first-order chi connectivity index (χ1) is 47.0. The summed E-state index contributed by atoms with van der Waals surface area (Å²) in [4.78, 5) is 63.0. The fraction of sp³-hybridized carbons (Fsp3) is 0.267. The fourth-order valence-electron chi connectivity index (χ4n) is 13.9. The SMILES string of the molecule is NC(N)=[NH+]CC[NH+](CC[NH+]=C(N)N)CC1=Cc2cccc3cccc(c23)C1=O.NC(N)=[NH+]CC[NH2+]CC1=Cc2cccc3cccc(c23)C1=O.[NH3+]CC[N+](CC[NH3+])(CC[NH3+])CC1=Cc2cccc3cccc(c23)C1=O.[NH3+]CC[NH+](CC[NH3+])CC1=Cc2cccc3cccc(c23)C1=O. The number of carbonyl (C=O) groups excluding carboxylic acids is 4. The Morgan fingerprint density at radius 1 is 0.371 bits per heavy atom. The van der Waals surface area contributed by atoms with E-state index in [9.17, 15) is 19.2 Å². The molecule has 4 aliphatic carbocycles. The van der Waals surface area contributed by atoms with E-state index >= 15 is 0 Å². The average Bonchev–Trinajstić information content (AvgIpc) is 0.791. The third-order valence-electron chi connectivity index (χ3n) is 18.2. The molecule has 0 saturated carbocycles. The maximum Gasteiger partial charge on any atom is 0.338 e. The lowest BCUT2D eigenvalue weighted by atomic mass is 9.87. The van der Waals surface area contributed by atoms with Crippen LogP contribution in [0, 0.1) is 0 Å². The van der Waals surface area contributed by atoms with Crippen LogP contribution in [0.4, 0.5) is 0 Å². The number of Topliss-reactive ketones (excluding diaryl/α,β-unsaturated/α-hetero) is 4. The van der Waals surface area contributed by atoms with Gasteiger partial charge in [-0.1, -0.05) is 146 Å². The molecule has 0 aliphatic heterocycles. The Morgan fingerprint density at radius 3 is 1.01 bits per heavy atom. The van der Waals surface area contributed by atoms with Crippen molar-refractivity contribution in [3.05, 3.63) is 212 Å². The first-order valence-electron chi connectivity index (χ1n) is 33.7. The molecule has 0 amide bonds. The molecule has 0 atom stereocenters. The van der Waals surface area contributed by atoms with Gasteiger partial charge in [0.15, 0.2) is 23.1 Å². The second-order valence-electron chi connectivity index (χ2n) is 25.2. The Morgan fingerprint density at radius 2 is 0.670 bits per heavy atom. The predicted molar refractivity (Wildman–Crippen MR) is 384 cm³/mol. The third-order valence-corrected chi connectivity index (χ3v) is 18.2. The molecule has 0 fully saturated rings. The molecule has 22 nitrogen and oxygen atoms in total. The van der Waals surface area contributed by atoms with Gasteiger partial charge in [-0.05, 0) is 68.1 Å². The van der Waals surface area contributed by atoms with Crippen LogP contribution in [0.2, 0.25) is 0 Å². The smallest absolute Gasteiger partial charge is 0.338 e. The molecule has 0 heterocycles. The molecule has 0 spiro atoms. The number of hydrogen-bond donors (Lipinski definition) is 17. The number of guanidine groups is 3. The third kappa shape index (κ3) is 17.7. The average molecular weight is 1320 g/mol. The van der Waals surface area contributed by atoms with Crippen molar-refractivity contribution in [2.45, 2.75) is 0 Å². The standard InChI is InChI=1S/C20H25N7O.C20H27N4O.C18H21N3O.C17H18N4O/c21-19(22)25-7-9-27(10-8-26-20(23)24)12-15-11-14-5-1-3-13-4-2-6-16(17(13)14)18(15)28;21-7-10-24(11-8-22,12-9-23)14-17-13-16-5-1-3-15-4-2-6-18(19(15)16)20(17)25;19-7-9-21(10-8-20)12-15-11-14-5-1-3-13-4-2-6-16(17(13)14)18(15)22;18-17(19)21-8-7-20-10-13-9-12-5-1-3-11-4-2-6-14(15(11)12)16(13)22/h1-6,11H,7-10,12H2,(H4,21,22,25)(H4,23,24,26);1-6,13H,7-12,14,21-23H2;1-6,11H,7-10,12,19-20H2;1-6,9,20H,7-8,10H2,(H4,18,19,21)/q;+1;;/p+11. The number of nitrogens with two attached hydrogens (primary N) is 7. The summed E-state index contributed by atoms with van der Waals surface area (Å²) in [6.07, 6.45) is 8.18. The highest BCUT2D eigenvalue weighted by Gasteiger charge is 2.34. The van der Waals surface area contributed by atoms with Crippen LogP contribution in [0.25, 0.3) is 67.4 Å². The van der Waals surface area contributed by atoms with Gasteiger partial charge in [-0.3, -0.25) is 68.6 Å². The first kappa shape index (κ1) is 71.2. The van der Waals surface area contributed by atoms with Crippen LogP contribution in [-0.4, -0.2) is 176 Å². The second kappa shape index (κ2) is 34.0. The molecule has 0 aromatic heterocycles. The van der Waals surface area contributed by atoms with Gasteiger partial charge in [-0.15, -0.1) is 0 Å². The van der Waals surface area contributed by atoms with Crippen LogP contribution in [0.15, 0.2) is 168 Å². The number of nitrogens with zero attached hydrogens (tertiary/aromatic N) is 1. The lowest BCUT2D eigenvalue weighted by molar-refractivity contribution is -0.936. The largest absolute Gasteiger partial charge is 0.353 e. The van der Waals surface area contributed by atoms with Crippen molar-refractivity contribution < 1.29 is 82.4 Å². The van der Waals surface area contributed by atoms with Crippen molar-refractivity contribution in [1.29, 1.82) is 0 Å². The van der Waals surface area contributed by atoms with Crippen molar-refractivity contribution >= 4 is 108 Å². The lowest BCUT2D eigenvalue weighted by Crippen LogP contribution is -3.16. The van der Waals surface area contributed by atoms with Crippen molar-refractivity contribution in [2.24, 2.45) is 34.4 Å². The van der Waals surface area contributed by atoms with E-state index in [4.69, 9.17) is 34.4 Å². The Kier molecular flexibility index (Phi) is 25.0. The van der Waals surface area contributed by atoms with Crippen molar-refractivity contribution in [3.63, 3.8) is 0 Å². The second-order valence-corrected chi connectivity index (χ2v) is 25.2. The summed E-state index contributed by atoms with van der Waals surface area (Å²) in [5.74, 6) is 1.15. The van der Waals surface area contributed by atoms with E-state index in [-0.39, 0.29) is 41.0 Å². The van der Waals surface area contributed by atoms with Gasteiger partial charge >= 0.3 is 17.9 Å². The summed E-state index contributed by atoms with van der Waals surface area (Å²) in [5, 5.41) is 10.8. The van der Waals surface area contributed by atoms with Crippen LogP contribution in [0.5, 0.6) is 0 Å². The molecule has 0 bridgehead atoms. The minimum atomic E-state index is 0.0810. The monoisotopic (exact) mass is 1320 g/mol. The van der Waals surface area contributed by atoms with E-state index in [0.717, 1.165) is 213 Å². The molecule has 4 aliphatic rings. The molecule has 97 heavy (non-hydrogen) atoms. The highest BCUT2D eigenvalue weighted by Crippen LogP contribution is 2.35. The van der Waals surface area contributed by atoms with E-state index in [0.29, 0.717) is 32.7 Å². The van der Waals surface area contributed by atoms with Gasteiger partial charge in [0.25, 0.3) is 0 Å². The predicted octanol–water partition coefficient (Wildman–Crippen LogP) is -8.90. The zero-order valence-electron chi connectivity index (χ0n) is 56.0. The van der Waals surface area contributed by atoms with E-state index < -0.39 is 0 Å². The Bertz CT molecular complexity index is 4360. The van der Waals surface area contributed by atoms with Crippen molar-refractivity contribution in [1.82, 2.24) is 0 Å². The maximum absolute atomic E-state index is 13.2. The van der Waals surface area contributed by atoms with Gasteiger partial charge in [-0.25, -0.2) is 0 Å². The Balaban J connectivity index is 0.000000152. The minimum Gasteiger partial charge on any atom is -0.353 e. The molecule has 34 N–H and O–H groups in total. The zero-order chi connectivity index (χ0) is 69.0. The fourth-order valence-corrected chi connectivity index (χ4v) is 13.9. The number of quaternary nitrogens is 9. The topological polar surface area (TPSA) is 430 Å². The molecule has 0 radical (unpaired) electrons. The van der Waals surface area contributed by atoms with Gasteiger partial charge in [-0.2, -0.15) is 0 Å². The van der Waals surface area contributed by atoms with E-state index in [1.807, 2.05) is 97.1 Å². The maximum atomic E-state index is 13.2. The van der Waals surface area contributed by atoms with Gasteiger partial charge < -0.3 is 48.3 Å². The number of carbonyl (C=O) groups is 4. The number of hydrogen-bond acceptors (Lipinski definition) is 4. The molecule has 8 aromatic rings. The molecular formula is C75H102N18O4+12. The molecule has 22 heteroatoms. The molecule has 504 valence electrons. The van der Waals surface area contributed by atoms with Gasteiger partial charge in [0.1, 0.15) is 131 Å². The minimum absolute atomic E-state index is 0.0810. The zero-order valence-corrected chi connectivity index (χ0v) is 56.0. The van der Waals surface area contributed by atoms with Crippen LogP contribution in [0.1, 0.15) is 63.7 Å². The summed E-state index contributed by atoms with van der Waals surface area (Å²) in [6.45, 7) is 16.0. The first-order valence-corrected chi connectivity index (χ1v) is 33.7. The summed E-state index contributed by atoms with van der Waals surface area (Å²) in [5.41, 5.74) is 63.8. The normalized spacial score (nSPS) is 13.4. The van der Waals surface area contributed by atoms with E-state index in [1.54, 1.807) is 0 Å². The highest BCUT2D eigenvalue weighted by molar-refractivity contribution is 6.25. The van der Waals surface area contributed by atoms with Crippen LogP contribution >= 0.6 is 0 Å². The summed E-state index contributed by atoms with van der Waals surface area (Å²) < 4.78 is 0.853. The Hall–Kier alpha value is -10.1. The summed E-state index contributed by atoms with van der Waals surface area (Å²) >= 11 is 0. The van der Waals surface area contributed by atoms with Crippen molar-refractivity contribution in [2.75, 3.05) is 131 Å². The summed E-state index contributed by atoms with van der Waals surface area (Å²) in [7, 11) is 0. The Labute approximate surface area is 565 Å². The number of benzene rings is 8. The number of nitrogens with one attached hydrogen (secondary N) is 5. The molecule has 8 aromatic carbocycles. The molecular weight excluding hydrogens is 1220 g/mol.